The molecule has 1 aromatic carbocycles. The van der Waals surface area contributed by atoms with Gasteiger partial charge in [0.25, 0.3) is 5.91 Å². The number of hydrogen-bond donors (Lipinski definition) is 1. The van der Waals surface area contributed by atoms with Gasteiger partial charge in [-0.15, -0.1) is 11.3 Å². The first-order chi connectivity index (χ1) is 11.8. The van der Waals surface area contributed by atoms with Crippen LogP contribution in [-0.4, -0.2) is 29.0 Å². The predicted molar refractivity (Wildman–Crippen MR) is 96.5 cm³/mol. The quantitative estimate of drug-likeness (QED) is 0.776. The number of benzene rings is 1. The van der Waals surface area contributed by atoms with Crippen molar-refractivity contribution in [2.24, 2.45) is 0 Å². The smallest absolute Gasteiger partial charge is 0.251 e. The number of carbonyl (C=O) groups excluding carboxylic acids is 1. The highest BCUT2D eigenvalue weighted by atomic mass is 32.1. The Morgan fingerprint density at radius 2 is 2.04 bits per heavy atom. The van der Waals surface area contributed by atoms with Gasteiger partial charge in [0.15, 0.2) is 0 Å². The van der Waals surface area contributed by atoms with E-state index in [9.17, 15) is 4.79 Å². The molecule has 0 atom stereocenters. The van der Waals surface area contributed by atoms with Gasteiger partial charge in [-0.25, -0.2) is 9.97 Å². The number of hydrogen-bond acceptors (Lipinski definition) is 5. The summed E-state index contributed by atoms with van der Waals surface area (Å²) in [7, 11) is 1.65. The molecule has 3 aromatic rings. The van der Waals surface area contributed by atoms with E-state index in [1.165, 1.54) is 18.4 Å². The van der Waals surface area contributed by atoms with Crippen molar-refractivity contribution < 1.29 is 4.79 Å². The van der Waals surface area contributed by atoms with Crippen LogP contribution >= 0.6 is 11.3 Å². The van der Waals surface area contributed by atoms with Crippen LogP contribution in [0.2, 0.25) is 0 Å². The van der Waals surface area contributed by atoms with Gasteiger partial charge in [0.1, 0.15) is 17.0 Å². The highest BCUT2D eigenvalue weighted by Crippen LogP contribution is 2.36. The van der Waals surface area contributed by atoms with E-state index >= 15 is 0 Å². The Labute approximate surface area is 144 Å². The summed E-state index contributed by atoms with van der Waals surface area (Å²) in [6, 6.07) is 10.4. The summed E-state index contributed by atoms with van der Waals surface area (Å²) < 4.78 is 0. The lowest BCUT2D eigenvalue weighted by Gasteiger charge is -2.24. The molecule has 0 unspecified atom stereocenters. The van der Waals surface area contributed by atoms with E-state index in [0.29, 0.717) is 11.6 Å². The Bertz CT molecular complexity index is 870. The third-order valence-corrected chi connectivity index (χ3v) is 5.12. The third-order valence-electron chi connectivity index (χ3n) is 4.30. The van der Waals surface area contributed by atoms with E-state index < -0.39 is 0 Å². The molecule has 0 saturated heterocycles. The fourth-order valence-corrected chi connectivity index (χ4v) is 3.60. The number of aromatic nitrogens is 2. The maximum absolute atomic E-state index is 11.7. The molecule has 1 N–H and O–H groups in total. The lowest BCUT2D eigenvalue weighted by Crippen LogP contribution is -2.26. The second kappa shape index (κ2) is 6.20. The van der Waals surface area contributed by atoms with Crippen LogP contribution in [0.3, 0.4) is 0 Å². The zero-order valence-corrected chi connectivity index (χ0v) is 14.2. The Morgan fingerprint density at radius 3 is 2.75 bits per heavy atom. The lowest BCUT2D eigenvalue weighted by atomic mass is 10.1. The van der Waals surface area contributed by atoms with Gasteiger partial charge in [0.05, 0.1) is 5.39 Å². The van der Waals surface area contributed by atoms with Crippen molar-refractivity contribution in [3.05, 3.63) is 53.2 Å². The van der Waals surface area contributed by atoms with Crippen LogP contribution in [0.4, 0.5) is 5.82 Å². The fourth-order valence-electron chi connectivity index (χ4n) is 2.87. The molecule has 6 heteroatoms. The Morgan fingerprint density at radius 1 is 1.25 bits per heavy atom. The monoisotopic (exact) mass is 338 g/mol. The van der Waals surface area contributed by atoms with Crippen LogP contribution < -0.4 is 10.2 Å². The number of nitrogens with zero attached hydrogens (tertiary/aromatic N) is 3. The molecule has 2 heterocycles. The maximum Gasteiger partial charge on any atom is 0.251 e. The summed E-state index contributed by atoms with van der Waals surface area (Å²) in [6.45, 7) is 0.792. The van der Waals surface area contributed by atoms with E-state index in [4.69, 9.17) is 0 Å². The van der Waals surface area contributed by atoms with Crippen molar-refractivity contribution >= 4 is 33.3 Å². The maximum atomic E-state index is 11.7. The molecule has 1 amide bonds. The molecule has 0 bridgehead atoms. The highest BCUT2D eigenvalue weighted by Gasteiger charge is 2.31. The zero-order valence-electron chi connectivity index (χ0n) is 13.4. The van der Waals surface area contributed by atoms with Gasteiger partial charge in [-0.2, -0.15) is 0 Å². The number of thiophene rings is 1. The molecule has 0 spiro atoms. The van der Waals surface area contributed by atoms with Gasteiger partial charge in [-0.3, -0.25) is 4.79 Å². The number of amides is 1. The molecule has 122 valence electrons. The molecule has 1 saturated carbocycles. The van der Waals surface area contributed by atoms with Crippen LogP contribution in [-0.2, 0) is 6.54 Å². The van der Waals surface area contributed by atoms with Gasteiger partial charge in [0.2, 0.25) is 0 Å². The van der Waals surface area contributed by atoms with Crippen LogP contribution in [0, 0.1) is 0 Å². The standard InChI is InChI=1S/C18H18N4OS/c1-19-17(23)13-4-2-12(3-5-13)10-22(14-6-7-14)16-15-8-9-24-18(15)21-11-20-16/h2-5,8-9,11,14H,6-7,10H2,1H3,(H,19,23). The number of fused-ring (bicyclic) bond motifs is 1. The summed E-state index contributed by atoms with van der Waals surface area (Å²) in [6.07, 6.45) is 4.05. The molecule has 4 rings (SSSR count). The second-order valence-corrected chi connectivity index (χ2v) is 6.87. The second-order valence-electron chi connectivity index (χ2n) is 5.97. The molecular weight excluding hydrogens is 320 g/mol. The summed E-state index contributed by atoms with van der Waals surface area (Å²) in [4.78, 5) is 24.0. The van der Waals surface area contributed by atoms with Crippen molar-refractivity contribution in [1.82, 2.24) is 15.3 Å². The minimum atomic E-state index is -0.0589. The molecule has 24 heavy (non-hydrogen) atoms. The van der Waals surface area contributed by atoms with Crippen molar-refractivity contribution in [1.29, 1.82) is 0 Å². The SMILES string of the molecule is CNC(=O)c1ccc(CN(c2ncnc3sccc23)C2CC2)cc1. The van der Waals surface area contributed by atoms with Crippen molar-refractivity contribution in [3.8, 4) is 0 Å². The molecule has 0 aliphatic heterocycles. The molecular formula is C18H18N4OS. The molecule has 1 fully saturated rings. The molecule has 0 radical (unpaired) electrons. The van der Waals surface area contributed by atoms with E-state index in [1.807, 2.05) is 24.3 Å². The molecule has 1 aliphatic carbocycles. The molecule has 1 aliphatic rings. The first-order valence-corrected chi connectivity index (χ1v) is 8.90. The summed E-state index contributed by atoms with van der Waals surface area (Å²) in [5.41, 5.74) is 1.86. The molecule has 5 nitrogen and oxygen atoms in total. The Balaban J connectivity index is 1.63. The summed E-state index contributed by atoms with van der Waals surface area (Å²) in [5.74, 6) is 0.954. The van der Waals surface area contributed by atoms with Gasteiger partial charge in [-0.1, -0.05) is 12.1 Å². The van der Waals surface area contributed by atoms with Gasteiger partial charge in [-0.05, 0) is 42.0 Å². The van der Waals surface area contributed by atoms with Crippen LogP contribution in [0.1, 0.15) is 28.8 Å². The number of nitrogens with one attached hydrogen (secondary N) is 1. The average molecular weight is 338 g/mol. The zero-order chi connectivity index (χ0) is 16.5. The topological polar surface area (TPSA) is 58.1 Å². The highest BCUT2D eigenvalue weighted by molar-refractivity contribution is 7.16. The average Bonchev–Trinajstić information content (AvgIpc) is 3.35. The number of rotatable bonds is 5. The van der Waals surface area contributed by atoms with Crippen molar-refractivity contribution in [2.75, 3.05) is 11.9 Å². The molecule has 2 aromatic heterocycles. The van der Waals surface area contributed by atoms with Gasteiger partial charge >= 0.3 is 0 Å². The normalized spacial score (nSPS) is 13.9. The first-order valence-electron chi connectivity index (χ1n) is 8.02. The van der Waals surface area contributed by atoms with Crippen molar-refractivity contribution in [2.45, 2.75) is 25.4 Å². The largest absolute Gasteiger partial charge is 0.355 e. The summed E-state index contributed by atoms with van der Waals surface area (Å²) >= 11 is 1.64. The number of carbonyl (C=O) groups is 1. The van der Waals surface area contributed by atoms with E-state index in [1.54, 1.807) is 24.7 Å². The van der Waals surface area contributed by atoms with E-state index in [0.717, 1.165) is 22.6 Å². The lowest BCUT2D eigenvalue weighted by molar-refractivity contribution is 0.0963. The predicted octanol–water partition coefficient (Wildman–Crippen LogP) is 3.22. The summed E-state index contributed by atoms with van der Waals surface area (Å²) in [5, 5.41) is 5.83. The van der Waals surface area contributed by atoms with E-state index in [-0.39, 0.29) is 5.91 Å². The third kappa shape index (κ3) is 2.85. The Hall–Kier alpha value is -2.47. The van der Waals surface area contributed by atoms with Crippen LogP contribution in [0.5, 0.6) is 0 Å². The van der Waals surface area contributed by atoms with Gasteiger partial charge < -0.3 is 10.2 Å². The first kappa shape index (κ1) is 15.1. The van der Waals surface area contributed by atoms with Crippen molar-refractivity contribution in [3.63, 3.8) is 0 Å². The van der Waals surface area contributed by atoms with E-state index in [2.05, 4.69) is 31.6 Å². The van der Waals surface area contributed by atoms with Gasteiger partial charge in [0, 0.05) is 25.2 Å². The Kier molecular flexibility index (Phi) is 3.90. The van der Waals surface area contributed by atoms with Crippen LogP contribution in [0.15, 0.2) is 42.0 Å². The minimum absolute atomic E-state index is 0.0589. The number of anilines is 1. The minimum Gasteiger partial charge on any atom is -0.355 e. The van der Waals surface area contributed by atoms with Crippen LogP contribution in [0.25, 0.3) is 10.2 Å². The fraction of sp³-hybridized carbons (Fsp3) is 0.278.